The highest BCUT2D eigenvalue weighted by Crippen LogP contribution is 2.55. The molecule has 2 aromatic heterocycles. The number of aromatic nitrogens is 3. The molecule has 2 aromatic rings. The molecule has 0 radical (unpaired) electrons. The maximum atomic E-state index is 13.5. The number of hydrogen-bond acceptors (Lipinski definition) is 7. The Balaban J connectivity index is 1.66. The zero-order valence-corrected chi connectivity index (χ0v) is 20.1. The Hall–Kier alpha value is -1.17. The normalized spacial score (nSPS) is 21.2. The molecule has 2 heterocycles. The van der Waals surface area contributed by atoms with Crippen molar-refractivity contribution in [1.82, 2.24) is 14.6 Å². The quantitative estimate of drug-likeness (QED) is 0.317. The summed E-state index contributed by atoms with van der Waals surface area (Å²) in [7, 11) is -7.86. The minimum Gasteiger partial charge on any atom is -0.380 e. The van der Waals surface area contributed by atoms with E-state index >= 15 is 0 Å². The Kier molecular flexibility index (Phi) is 8.18. The van der Waals surface area contributed by atoms with E-state index in [1.165, 1.54) is 17.8 Å². The monoisotopic (exact) mass is 532 g/mol. The lowest BCUT2D eigenvalue weighted by Crippen LogP contribution is -2.20. The first kappa shape index (κ1) is 26.4. The fourth-order valence-electron chi connectivity index (χ4n) is 3.61. The largest absolute Gasteiger partial charge is 0.380 e. The molecule has 186 valence electrons. The Morgan fingerprint density at radius 3 is 2.73 bits per heavy atom. The molecule has 2 unspecified atom stereocenters. The lowest BCUT2D eigenvalue weighted by atomic mass is 10.2. The maximum Gasteiger partial charge on any atom is 0.340 e. The summed E-state index contributed by atoms with van der Waals surface area (Å²) in [5, 5.41) is 7.45. The van der Waals surface area contributed by atoms with Gasteiger partial charge in [0.2, 0.25) is 5.92 Å². The Morgan fingerprint density at radius 2 is 2.12 bits per heavy atom. The molecular formula is C17H25ClF2N4O7P2. The van der Waals surface area contributed by atoms with E-state index in [1.807, 2.05) is 0 Å². The van der Waals surface area contributed by atoms with E-state index in [0.29, 0.717) is 29.9 Å². The van der Waals surface area contributed by atoms with Crippen LogP contribution in [0.15, 0.2) is 12.3 Å². The first-order valence-corrected chi connectivity index (χ1v) is 13.9. The standard InChI is InChI=1S/C17H25ClF2N4O7P2/c1-30-12(9-31-33(28,29)10-32(25,26)27)2-3-16-21-8-14-13(6-15(18)23-24(14)16)22-11-4-5-17(19,20)7-11/h6,8,11-12,22H,2-5,7,9-10H2,1H3,(H,28,29)(H2,25,26,27)/t11?,12-/m0/s1. The number of imidazole rings is 1. The third-order valence-corrected chi connectivity index (χ3v) is 8.80. The summed E-state index contributed by atoms with van der Waals surface area (Å²) in [6.45, 7) is -0.371. The van der Waals surface area contributed by atoms with E-state index < -0.39 is 39.2 Å². The molecule has 0 bridgehead atoms. The fraction of sp³-hybridized carbons (Fsp3) is 0.647. The zero-order valence-electron chi connectivity index (χ0n) is 17.6. The summed E-state index contributed by atoms with van der Waals surface area (Å²) < 4.78 is 61.3. The minimum absolute atomic E-state index is 0.138. The predicted molar refractivity (Wildman–Crippen MR) is 116 cm³/mol. The zero-order chi connectivity index (χ0) is 24.4. The van der Waals surface area contributed by atoms with Gasteiger partial charge < -0.3 is 29.3 Å². The second-order valence-electron chi connectivity index (χ2n) is 7.93. The van der Waals surface area contributed by atoms with Crippen molar-refractivity contribution in [1.29, 1.82) is 0 Å². The van der Waals surface area contributed by atoms with E-state index in [9.17, 15) is 22.8 Å². The number of rotatable bonds is 11. The van der Waals surface area contributed by atoms with Crippen LogP contribution in [0.5, 0.6) is 0 Å². The summed E-state index contributed by atoms with van der Waals surface area (Å²) in [5.74, 6) is -3.50. The Labute approximate surface area is 193 Å². The minimum atomic E-state index is -4.73. The summed E-state index contributed by atoms with van der Waals surface area (Å²) in [5.41, 5.74) is 1.08. The van der Waals surface area contributed by atoms with Gasteiger partial charge in [-0.3, -0.25) is 9.13 Å². The van der Waals surface area contributed by atoms with Crippen molar-refractivity contribution in [3.63, 3.8) is 0 Å². The van der Waals surface area contributed by atoms with Crippen LogP contribution in [0.4, 0.5) is 14.5 Å². The van der Waals surface area contributed by atoms with Gasteiger partial charge in [-0.1, -0.05) is 11.6 Å². The molecule has 1 aliphatic rings. The van der Waals surface area contributed by atoms with Gasteiger partial charge in [0, 0.05) is 38.5 Å². The van der Waals surface area contributed by atoms with Crippen LogP contribution in [-0.2, 0) is 24.8 Å². The molecular weight excluding hydrogens is 508 g/mol. The average molecular weight is 533 g/mol. The van der Waals surface area contributed by atoms with Gasteiger partial charge in [0.1, 0.15) is 11.3 Å². The van der Waals surface area contributed by atoms with Gasteiger partial charge in [-0.2, -0.15) is 5.10 Å². The highest BCUT2D eigenvalue weighted by Gasteiger charge is 2.39. The molecule has 0 spiro atoms. The lowest BCUT2D eigenvalue weighted by molar-refractivity contribution is 0.00852. The number of halogens is 3. The number of alkyl halides is 2. The van der Waals surface area contributed by atoms with Crippen molar-refractivity contribution in [3.8, 4) is 0 Å². The highest BCUT2D eigenvalue weighted by molar-refractivity contribution is 7.70. The van der Waals surface area contributed by atoms with Crippen LogP contribution in [0.2, 0.25) is 5.15 Å². The lowest BCUT2D eigenvalue weighted by Gasteiger charge is -2.18. The van der Waals surface area contributed by atoms with E-state index in [4.69, 9.17) is 30.6 Å². The van der Waals surface area contributed by atoms with Crippen molar-refractivity contribution in [2.24, 2.45) is 0 Å². The molecule has 4 N–H and O–H groups in total. The third-order valence-electron chi connectivity index (χ3n) is 5.16. The fourth-order valence-corrected chi connectivity index (χ4v) is 6.38. The molecule has 33 heavy (non-hydrogen) atoms. The number of hydrogen-bond donors (Lipinski definition) is 4. The van der Waals surface area contributed by atoms with E-state index in [2.05, 4.69) is 15.4 Å². The summed E-state index contributed by atoms with van der Waals surface area (Å²) in [6, 6.07) is 1.14. The molecule has 1 aliphatic carbocycles. The van der Waals surface area contributed by atoms with Crippen molar-refractivity contribution in [3.05, 3.63) is 23.2 Å². The van der Waals surface area contributed by atoms with Crippen molar-refractivity contribution < 1.29 is 41.9 Å². The maximum absolute atomic E-state index is 13.5. The molecule has 0 aliphatic heterocycles. The van der Waals surface area contributed by atoms with Crippen LogP contribution in [-0.4, -0.2) is 67.0 Å². The predicted octanol–water partition coefficient (Wildman–Crippen LogP) is 3.27. The molecule has 1 saturated carbocycles. The van der Waals surface area contributed by atoms with Crippen molar-refractivity contribution in [2.75, 3.05) is 24.9 Å². The van der Waals surface area contributed by atoms with Crippen LogP contribution >= 0.6 is 26.8 Å². The smallest absolute Gasteiger partial charge is 0.340 e. The van der Waals surface area contributed by atoms with Gasteiger partial charge >= 0.3 is 15.2 Å². The number of aryl methyl sites for hydroxylation is 1. The van der Waals surface area contributed by atoms with E-state index in [-0.39, 0.29) is 31.0 Å². The molecule has 16 heteroatoms. The van der Waals surface area contributed by atoms with E-state index in [0.717, 1.165) is 0 Å². The van der Waals surface area contributed by atoms with Gasteiger partial charge in [-0.15, -0.1) is 0 Å². The van der Waals surface area contributed by atoms with Gasteiger partial charge in [0.05, 0.1) is 24.6 Å². The van der Waals surface area contributed by atoms with Gasteiger partial charge in [0.25, 0.3) is 0 Å². The summed E-state index contributed by atoms with van der Waals surface area (Å²) in [6.07, 6.45) is 1.30. The Morgan fingerprint density at radius 1 is 1.39 bits per heavy atom. The van der Waals surface area contributed by atoms with Crippen LogP contribution in [0.3, 0.4) is 0 Å². The third kappa shape index (κ3) is 7.66. The molecule has 3 atom stereocenters. The number of fused-ring (bicyclic) bond motifs is 1. The second kappa shape index (κ2) is 10.2. The molecule has 0 amide bonds. The van der Waals surface area contributed by atoms with Gasteiger partial charge in [-0.05, 0) is 12.8 Å². The number of nitrogens with zero attached hydrogens (tertiary/aromatic N) is 3. The van der Waals surface area contributed by atoms with Crippen LogP contribution in [0.1, 0.15) is 31.5 Å². The van der Waals surface area contributed by atoms with Crippen LogP contribution in [0.25, 0.3) is 5.52 Å². The average Bonchev–Trinajstić information content (AvgIpc) is 3.22. The number of methoxy groups -OCH3 is 1. The highest BCUT2D eigenvalue weighted by atomic mass is 35.5. The number of nitrogens with one attached hydrogen (secondary N) is 1. The van der Waals surface area contributed by atoms with Gasteiger partial charge in [-0.25, -0.2) is 18.3 Å². The Bertz CT molecular complexity index is 1080. The number of anilines is 1. The van der Waals surface area contributed by atoms with Crippen molar-refractivity contribution in [2.45, 2.75) is 50.2 Å². The summed E-state index contributed by atoms with van der Waals surface area (Å²) >= 11 is 6.12. The SMILES string of the molecule is CO[C@@H](CCc1ncc2c(NC3CCC(F)(F)C3)cc(Cl)nn12)COP(=O)(O)CP(=O)(O)O. The van der Waals surface area contributed by atoms with Crippen LogP contribution < -0.4 is 5.32 Å². The summed E-state index contributed by atoms with van der Waals surface area (Å²) in [4.78, 5) is 31.6. The molecule has 0 aromatic carbocycles. The molecule has 11 nitrogen and oxygen atoms in total. The van der Waals surface area contributed by atoms with Crippen LogP contribution in [0, 0.1) is 0 Å². The second-order valence-corrected chi connectivity index (χ2v) is 12.3. The van der Waals surface area contributed by atoms with Crippen molar-refractivity contribution >= 4 is 38.0 Å². The van der Waals surface area contributed by atoms with Gasteiger partial charge in [0.15, 0.2) is 11.1 Å². The molecule has 0 saturated heterocycles. The molecule has 1 fully saturated rings. The van der Waals surface area contributed by atoms with E-state index in [1.54, 1.807) is 6.07 Å². The molecule has 3 rings (SSSR count). The first-order valence-electron chi connectivity index (χ1n) is 9.98. The topological polar surface area (TPSA) is 156 Å². The first-order chi connectivity index (χ1) is 15.3. The number of ether oxygens (including phenoxy) is 1.